The second-order valence-corrected chi connectivity index (χ2v) is 6.83. The zero-order chi connectivity index (χ0) is 21.9. The average molecular weight is 413 g/mol. The Hall–Kier alpha value is -3.22. The number of carbonyl (C=O) groups is 1. The molecule has 0 atom stereocenters. The third kappa shape index (κ3) is 6.69. The summed E-state index contributed by atoms with van der Waals surface area (Å²) < 4.78 is 11.0. The van der Waals surface area contributed by atoms with Crippen molar-refractivity contribution in [3.05, 3.63) is 53.6 Å². The number of nitrogens with one attached hydrogen (secondary N) is 2. The number of amides is 1. The highest BCUT2D eigenvalue weighted by atomic mass is 16.5. The number of methoxy groups -OCH3 is 1. The van der Waals surface area contributed by atoms with E-state index in [-0.39, 0.29) is 5.91 Å². The van der Waals surface area contributed by atoms with E-state index < -0.39 is 0 Å². The van der Waals surface area contributed by atoms with E-state index in [1.807, 2.05) is 56.3 Å². The highest BCUT2D eigenvalue weighted by Gasteiger charge is 2.09. The largest absolute Gasteiger partial charge is 0.493 e. The first kappa shape index (κ1) is 23.1. The maximum Gasteiger partial charge on any atom is 0.253 e. The van der Waals surface area contributed by atoms with Crippen molar-refractivity contribution in [2.45, 2.75) is 20.3 Å². The van der Waals surface area contributed by atoms with Crippen molar-refractivity contribution in [1.29, 1.82) is 0 Å². The fraction of sp³-hybridized carbons (Fsp3) is 0.391. The minimum absolute atomic E-state index is 0.0000326. The minimum atomic E-state index is -0.0000326. The summed E-state index contributed by atoms with van der Waals surface area (Å²) in [7, 11) is 5.13. The normalized spacial score (nSPS) is 11.0. The number of benzene rings is 2. The summed E-state index contributed by atoms with van der Waals surface area (Å²) in [6, 6.07) is 13.4. The molecule has 2 aromatic carbocycles. The lowest BCUT2D eigenvalue weighted by molar-refractivity contribution is 0.0827. The molecular weight excluding hydrogens is 380 g/mol. The van der Waals surface area contributed by atoms with Crippen LogP contribution in [0.1, 0.15) is 29.8 Å². The lowest BCUT2D eigenvalue weighted by Crippen LogP contribution is -2.30. The average Bonchev–Trinajstić information content (AvgIpc) is 2.74. The molecule has 0 aromatic heterocycles. The summed E-state index contributed by atoms with van der Waals surface area (Å²) in [5, 5.41) is 6.55. The molecule has 7 nitrogen and oxygen atoms in total. The summed E-state index contributed by atoms with van der Waals surface area (Å²) in [5.74, 6) is 2.06. The fourth-order valence-corrected chi connectivity index (χ4v) is 2.88. The van der Waals surface area contributed by atoms with Crippen molar-refractivity contribution in [3.63, 3.8) is 0 Å². The van der Waals surface area contributed by atoms with Crippen molar-refractivity contribution in [2.24, 2.45) is 4.99 Å². The van der Waals surface area contributed by atoms with Crippen LogP contribution < -0.4 is 20.1 Å². The SMILES string of the molecule is CCNC(=NCCc1cccc(C(=O)N(C)C)c1)Nc1ccc(OC)c(OCC)c1. The molecule has 0 aliphatic heterocycles. The van der Waals surface area contributed by atoms with Gasteiger partial charge in [0, 0.05) is 44.5 Å². The molecule has 0 bridgehead atoms. The zero-order valence-electron chi connectivity index (χ0n) is 18.5. The number of aliphatic imine (C=N–C) groups is 1. The van der Waals surface area contributed by atoms with Gasteiger partial charge in [0.05, 0.1) is 13.7 Å². The molecule has 2 rings (SSSR count). The van der Waals surface area contributed by atoms with Gasteiger partial charge in [-0.25, -0.2) is 0 Å². The number of carbonyl (C=O) groups excluding carboxylic acids is 1. The third-order valence-corrected chi connectivity index (χ3v) is 4.32. The lowest BCUT2D eigenvalue weighted by atomic mass is 10.1. The Bertz CT molecular complexity index is 865. The zero-order valence-corrected chi connectivity index (χ0v) is 18.5. The first-order valence-electron chi connectivity index (χ1n) is 10.1. The molecule has 0 fully saturated rings. The van der Waals surface area contributed by atoms with Gasteiger partial charge in [-0.3, -0.25) is 9.79 Å². The van der Waals surface area contributed by atoms with Crippen LogP contribution in [0.3, 0.4) is 0 Å². The topological polar surface area (TPSA) is 75.2 Å². The quantitative estimate of drug-likeness (QED) is 0.488. The first-order chi connectivity index (χ1) is 14.5. The molecule has 30 heavy (non-hydrogen) atoms. The molecule has 0 saturated carbocycles. The maximum atomic E-state index is 12.1. The van der Waals surface area contributed by atoms with Gasteiger partial charge in [0.2, 0.25) is 0 Å². The van der Waals surface area contributed by atoms with Gasteiger partial charge < -0.3 is 25.0 Å². The summed E-state index contributed by atoms with van der Waals surface area (Å²) in [5.41, 5.74) is 2.62. The Morgan fingerprint density at radius 1 is 1.10 bits per heavy atom. The number of hydrogen-bond acceptors (Lipinski definition) is 4. The second kappa shape index (κ2) is 11.7. The van der Waals surface area contributed by atoms with Crippen LogP contribution in [0.4, 0.5) is 5.69 Å². The van der Waals surface area contributed by atoms with Crippen molar-refractivity contribution in [3.8, 4) is 11.5 Å². The Morgan fingerprint density at radius 2 is 1.90 bits per heavy atom. The number of rotatable bonds is 9. The van der Waals surface area contributed by atoms with Crippen molar-refractivity contribution < 1.29 is 14.3 Å². The standard InChI is InChI=1S/C23H32N4O3/c1-6-24-23(26-19-11-12-20(29-5)21(16-19)30-7-2)25-14-13-17-9-8-10-18(15-17)22(28)27(3)4/h8-12,15-16H,6-7,13-14H2,1-5H3,(H2,24,25,26). The summed E-state index contributed by atoms with van der Waals surface area (Å²) in [6.07, 6.45) is 0.734. The highest BCUT2D eigenvalue weighted by Crippen LogP contribution is 2.30. The molecule has 2 N–H and O–H groups in total. The number of ether oxygens (including phenoxy) is 2. The van der Waals surface area contributed by atoms with Crippen LogP contribution in [0.25, 0.3) is 0 Å². The number of anilines is 1. The van der Waals surface area contributed by atoms with E-state index in [4.69, 9.17) is 9.47 Å². The van der Waals surface area contributed by atoms with Gasteiger partial charge in [-0.15, -0.1) is 0 Å². The predicted molar refractivity (Wildman–Crippen MR) is 122 cm³/mol. The molecule has 0 heterocycles. The molecule has 0 aliphatic rings. The maximum absolute atomic E-state index is 12.1. The first-order valence-corrected chi connectivity index (χ1v) is 10.1. The van der Waals surface area contributed by atoms with E-state index in [2.05, 4.69) is 15.6 Å². The molecule has 2 aromatic rings. The molecular formula is C23H32N4O3. The van der Waals surface area contributed by atoms with Gasteiger partial charge in [-0.2, -0.15) is 0 Å². The number of hydrogen-bond donors (Lipinski definition) is 2. The van der Waals surface area contributed by atoms with Crippen LogP contribution in [0.2, 0.25) is 0 Å². The van der Waals surface area contributed by atoms with E-state index in [1.165, 1.54) is 0 Å². The van der Waals surface area contributed by atoms with Crippen LogP contribution in [-0.4, -0.2) is 57.7 Å². The van der Waals surface area contributed by atoms with Crippen LogP contribution >= 0.6 is 0 Å². The van der Waals surface area contributed by atoms with E-state index in [0.717, 1.165) is 24.2 Å². The van der Waals surface area contributed by atoms with Crippen molar-refractivity contribution >= 4 is 17.6 Å². The van der Waals surface area contributed by atoms with E-state index in [1.54, 1.807) is 26.1 Å². The molecule has 1 amide bonds. The minimum Gasteiger partial charge on any atom is -0.493 e. The monoisotopic (exact) mass is 412 g/mol. The lowest BCUT2D eigenvalue weighted by Gasteiger charge is -2.14. The molecule has 7 heteroatoms. The van der Waals surface area contributed by atoms with Crippen molar-refractivity contribution in [1.82, 2.24) is 10.2 Å². The van der Waals surface area contributed by atoms with Gasteiger partial charge in [0.25, 0.3) is 5.91 Å². The van der Waals surface area contributed by atoms with Gasteiger partial charge in [-0.1, -0.05) is 12.1 Å². The van der Waals surface area contributed by atoms with E-state index >= 15 is 0 Å². The smallest absolute Gasteiger partial charge is 0.253 e. The Balaban J connectivity index is 2.07. The van der Waals surface area contributed by atoms with E-state index in [9.17, 15) is 4.79 Å². The van der Waals surface area contributed by atoms with Crippen LogP contribution in [-0.2, 0) is 6.42 Å². The van der Waals surface area contributed by atoms with Gasteiger partial charge in [-0.05, 0) is 50.1 Å². The van der Waals surface area contributed by atoms with Crippen LogP contribution in [0.15, 0.2) is 47.5 Å². The van der Waals surface area contributed by atoms with Crippen LogP contribution in [0, 0.1) is 0 Å². The van der Waals surface area contributed by atoms with Crippen molar-refractivity contribution in [2.75, 3.05) is 46.2 Å². The Labute approximate surface area is 179 Å². The molecule has 0 radical (unpaired) electrons. The number of guanidine groups is 1. The molecule has 162 valence electrons. The number of nitrogens with zero attached hydrogens (tertiary/aromatic N) is 2. The third-order valence-electron chi connectivity index (χ3n) is 4.32. The molecule has 0 aliphatic carbocycles. The van der Waals surface area contributed by atoms with Gasteiger partial charge in [0.15, 0.2) is 17.5 Å². The summed E-state index contributed by atoms with van der Waals surface area (Å²) >= 11 is 0. The Kier molecular flexibility index (Phi) is 9.00. The second-order valence-electron chi connectivity index (χ2n) is 6.83. The highest BCUT2D eigenvalue weighted by molar-refractivity contribution is 5.94. The Morgan fingerprint density at radius 3 is 2.57 bits per heavy atom. The van der Waals surface area contributed by atoms with Crippen LogP contribution in [0.5, 0.6) is 11.5 Å². The molecule has 0 spiro atoms. The summed E-state index contributed by atoms with van der Waals surface area (Å²) in [4.78, 5) is 18.4. The molecule has 0 unspecified atom stereocenters. The predicted octanol–water partition coefficient (Wildman–Crippen LogP) is 3.42. The van der Waals surface area contributed by atoms with Gasteiger partial charge >= 0.3 is 0 Å². The van der Waals surface area contributed by atoms with E-state index in [0.29, 0.717) is 36.2 Å². The molecule has 0 saturated heterocycles. The fourth-order valence-electron chi connectivity index (χ4n) is 2.88. The van der Waals surface area contributed by atoms with Gasteiger partial charge in [0.1, 0.15) is 0 Å². The summed E-state index contributed by atoms with van der Waals surface area (Å²) in [6.45, 7) is 5.85.